The molecule has 0 saturated carbocycles. The molecule has 1 unspecified atom stereocenters. The van der Waals surface area contributed by atoms with Crippen molar-refractivity contribution >= 4 is 24.3 Å². The average molecular weight is 481 g/mol. The number of guanidine groups is 1. The van der Waals surface area contributed by atoms with E-state index in [0.29, 0.717) is 26.0 Å². The molecular formula is C23H49ClN4O4. The molecule has 8 nitrogen and oxygen atoms in total. The molecule has 192 valence electrons. The number of hydrogen-bond acceptors (Lipinski definition) is 5. The first kappa shape index (κ1) is 33.1. The third-order valence-corrected chi connectivity index (χ3v) is 5.30. The fourth-order valence-electron chi connectivity index (χ4n) is 3.42. The molecule has 0 saturated heterocycles. The normalized spacial score (nSPS) is 12.7. The zero-order valence-electron chi connectivity index (χ0n) is 20.1. The third-order valence-electron chi connectivity index (χ3n) is 5.30. The van der Waals surface area contributed by atoms with Gasteiger partial charge in [0.2, 0.25) is 0 Å². The van der Waals surface area contributed by atoms with Crippen molar-refractivity contribution in [3.63, 3.8) is 0 Å². The number of nitrogens with zero attached hydrogens (tertiary/aromatic N) is 1. The van der Waals surface area contributed by atoms with Gasteiger partial charge in [-0.1, -0.05) is 77.6 Å². The number of carboxylic acids is 1. The summed E-state index contributed by atoms with van der Waals surface area (Å²) in [5.41, 5.74) is 10.5. The minimum Gasteiger partial charge on any atom is -0.480 e. The van der Waals surface area contributed by atoms with Crippen molar-refractivity contribution in [3.8, 4) is 0 Å². The Kier molecular flexibility index (Phi) is 25.4. The number of carboxylic acid groups (broad SMARTS) is 1. The summed E-state index contributed by atoms with van der Waals surface area (Å²) in [5.74, 6) is -0.949. The van der Waals surface area contributed by atoms with Crippen LogP contribution in [0.1, 0.15) is 96.8 Å². The van der Waals surface area contributed by atoms with Crippen LogP contribution in [0.3, 0.4) is 0 Å². The number of aliphatic carboxylic acids is 1. The van der Waals surface area contributed by atoms with Crippen LogP contribution >= 0.6 is 12.4 Å². The van der Waals surface area contributed by atoms with Crippen LogP contribution in [0.5, 0.6) is 0 Å². The number of nitrogens with two attached hydrogens (primary N) is 2. The van der Waals surface area contributed by atoms with Gasteiger partial charge in [0.05, 0.1) is 12.7 Å². The van der Waals surface area contributed by atoms with Crippen LogP contribution in [0.4, 0.5) is 0 Å². The number of rotatable bonds is 23. The van der Waals surface area contributed by atoms with Crippen molar-refractivity contribution in [1.82, 2.24) is 5.32 Å². The lowest BCUT2D eigenvalue weighted by Gasteiger charge is -2.17. The van der Waals surface area contributed by atoms with Gasteiger partial charge in [0.15, 0.2) is 5.96 Å². The minimum atomic E-state index is -0.950. The van der Waals surface area contributed by atoms with Gasteiger partial charge in [-0.3, -0.25) is 9.79 Å². The van der Waals surface area contributed by atoms with Gasteiger partial charge in [-0.2, -0.15) is 0 Å². The topological polar surface area (TPSA) is 143 Å². The molecule has 9 heteroatoms. The lowest BCUT2D eigenvalue weighted by Crippen LogP contribution is -2.42. The molecule has 0 aromatic carbocycles. The number of aliphatic hydroxyl groups excluding tert-OH is 1. The smallest absolute Gasteiger partial charge is 0.320 e. The van der Waals surface area contributed by atoms with E-state index in [9.17, 15) is 15.0 Å². The minimum absolute atomic E-state index is 0. The zero-order chi connectivity index (χ0) is 23.2. The average Bonchev–Trinajstić information content (AvgIpc) is 2.72. The van der Waals surface area contributed by atoms with Crippen LogP contribution in [0.2, 0.25) is 0 Å². The van der Waals surface area contributed by atoms with Gasteiger partial charge in [0, 0.05) is 19.7 Å². The maximum atomic E-state index is 11.3. The molecule has 0 radical (unpaired) electrons. The van der Waals surface area contributed by atoms with E-state index in [-0.39, 0.29) is 31.5 Å². The highest BCUT2D eigenvalue weighted by atomic mass is 35.5. The van der Waals surface area contributed by atoms with Gasteiger partial charge in [0.25, 0.3) is 0 Å². The molecule has 0 amide bonds. The van der Waals surface area contributed by atoms with Crippen LogP contribution < -0.4 is 16.8 Å². The molecule has 0 aliphatic heterocycles. The second kappa shape index (κ2) is 24.6. The quantitative estimate of drug-likeness (QED) is 0.0853. The Labute approximate surface area is 201 Å². The highest BCUT2D eigenvalue weighted by molar-refractivity contribution is 5.85. The highest BCUT2D eigenvalue weighted by Crippen LogP contribution is 2.12. The monoisotopic (exact) mass is 480 g/mol. The number of ether oxygens (including phenoxy) is 1. The van der Waals surface area contributed by atoms with Gasteiger partial charge >= 0.3 is 5.97 Å². The highest BCUT2D eigenvalue weighted by Gasteiger charge is 2.17. The van der Waals surface area contributed by atoms with Crippen molar-refractivity contribution in [2.75, 3.05) is 26.3 Å². The van der Waals surface area contributed by atoms with E-state index >= 15 is 0 Å². The maximum Gasteiger partial charge on any atom is 0.320 e. The van der Waals surface area contributed by atoms with Crippen LogP contribution in [0.15, 0.2) is 4.99 Å². The van der Waals surface area contributed by atoms with E-state index < -0.39 is 18.1 Å². The Balaban J connectivity index is 0. The summed E-state index contributed by atoms with van der Waals surface area (Å²) < 4.78 is 5.52. The standard InChI is InChI=1S/C23H48N4O4.ClH/c1-2-3-4-5-6-7-8-9-10-11-12-13-17-31-19-20(28)18-27-21(22(29)30)15-14-16-26-23(24)25;/h20-21,27-28H,2-19H2,1H3,(H,29,30)(H4,24,25,26);1H/t20?,21-;/m0./s1. The number of halogens is 1. The molecule has 7 N–H and O–H groups in total. The zero-order valence-corrected chi connectivity index (χ0v) is 20.9. The number of unbranched alkanes of at least 4 members (excludes halogenated alkanes) is 11. The van der Waals surface area contributed by atoms with Crippen molar-refractivity contribution in [2.24, 2.45) is 16.5 Å². The molecule has 0 fully saturated rings. The van der Waals surface area contributed by atoms with Crippen molar-refractivity contribution in [2.45, 2.75) is 109 Å². The second-order valence-corrected chi connectivity index (χ2v) is 8.37. The molecule has 0 aromatic heterocycles. The third kappa shape index (κ3) is 23.6. The summed E-state index contributed by atoms with van der Waals surface area (Å²) in [6, 6.07) is -0.736. The summed E-state index contributed by atoms with van der Waals surface area (Å²) in [6.45, 7) is 3.67. The first-order valence-corrected chi connectivity index (χ1v) is 12.2. The summed E-state index contributed by atoms with van der Waals surface area (Å²) >= 11 is 0. The number of hydrogen-bond donors (Lipinski definition) is 5. The molecule has 0 heterocycles. The molecule has 0 rings (SSSR count). The lowest BCUT2D eigenvalue weighted by molar-refractivity contribution is -0.139. The van der Waals surface area contributed by atoms with E-state index in [0.717, 1.165) is 12.8 Å². The molecular weight excluding hydrogens is 432 g/mol. The maximum absolute atomic E-state index is 11.3. The molecule has 0 spiro atoms. The largest absolute Gasteiger partial charge is 0.480 e. The van der Waals surface area contributed by atoms with Crippen LogP contribution in [-0.4, -0.2) is 60.6 Å². The van der Waals surface area contributed by atoms with E-state index in [4.69, 9.17) is 16.2 Å². The van der Waals surface area contributed by atoms with Gasteiger partial charge in [-0.25, -0.2) is 0 Å². The molecule has 32 heavy (non-hydrogen) atoms. The molecule has 2 atom stereocenters. The number of nitrogens with one attached hydrogen (secondary N) is 1. The van der Waals surface area contributed by atoms with Crippen molar-refractivity contribution in [1.29, 1.82) is 0 Å². The summed E-state index contributed by atoms with van der Waals surface area (Å²) in [5, 5.41) is 22.1. The van der Waals surface area contributed by atoms with E-state index in [1.807, 2.05) is 0 Å². The summed E-state index contributed by atoms with van der Waals surface area (Å²) in [4.78, 5) is 15.1. The predicted octanol–water partition coefficient (Wildman–Crippen LogP) is 3.58. The van der Waals surface area contributed by atoms with Gasteiger partial charge in [-0.15, -0.1) is 12.4 Å². The van der Waals surface area contributed by atoms with Crippen molar-refractivity contribution < 1.29 is 19.7 Å². The first-order valence-electron chi connectivity index (χ1n) is 12.2. The second-order valence-electron chi connectivity index (χ2n) is 8.37. The van der Waals surface area contributed by atoms with Gasteiger partial charge < -0.3 is 31.7 Å². The van der Waals surface area contributed by atoms with Gasteiger partial charge in [-0.05, 0) is 19.3 Å². The van der Waals surface area contributed by atoms with E-state index in [2.05, 4.69) is 17.2 Å². The van der Waals surface area contributed by atoms with Crippen LogP contribution in [0.25, 0.3) is 0 Å². The summed E-state index contributed by atoms with van der Waals surface area (Å²) in [7, 11) is 0. The SMILES string of the molecule is CCCCCCCCCCCCCCOCC(O)CN[C@@H](CCCN=C(N)N)C(=O)O.Cl. The Bertz CT molecular complexity index is 452. The van der Waals surface area contributed by atoms with Crippen LogP contribution in [-0.2, 0) is 9.53 Å². The molecule has 0 aliphatic rings. The molecule has 0 aliphatic carbocycles. The number of aliphatic hydroxyl groups is 1. The number of carbonyl (C=O) groups is 1. The Morgan fingerprint density at radius 2 is 1.47 bits per heavy atom. The number of aliphatic imine (C=N–C) groups is 1. The van der Waals surface area contributed by atoms with E-state index in [1.54, 1.807) is 0 Å². The van der Waals surface area contributed by atoms with Crippen LogP contribution in [0, 0.1) is 0 Å². The molecule has 0 bridgehead atoms. The Morgan fingerprint density at radius 3 is 1.97 bits per heavy atom. The predicted molar refractivity (Wildman–Crippen MR) is 134 cm³/mol. The Morgan fingerprint density at radius 1 is 0.938 bits per heavy atom. The van der Waals surface area contributed by atoms with Crippen molar-refractivity contribution in [3.05, 3.63) is 0 Å². The first-order chi connectivity index (χ1) is 15.0. The molecule has 0 aromatic rings. The fraction of sp³-hybridized carbons (Fsp3) is 0.913. The lowest BCUT2D eigenvalue weighted by atomic mass is 10.1. The Hall–Kier alpha value is -1.09. The summed E-state index contributed by atoms with van der Waals surface area (Å²) in [6.07, 6.45) is 15.8. The fourth-order valence-corrected chi connectivity index (χ4v) is 3.42. The van der Waals surface area contributed by atoms with Gasteiger partial charge in [0.1, 0.15) is 6.04 Å². The van der Waals surface area contributed by atoms with E-state index in [1.165, 1.54) is 64.2 Å².